The molecular weight excluding hydrogens is 376 g/mol. The minimum atomic E-state index is -3.48. The van der Waals surface area contributed by atoms with Crippen LogP contribution in [0, 0.1) is 0 Å². The number of carbonyl (C=O) groups excluding carboxylic acids is 1. The van der Waals surface area contributed by atoms with Crippen LogP contribution in [0.3, 0.4) is 0 Å². The first kappa shape index (κ1) is 18.9. The lowest BCUT2D eigenvalue weighted by Gasteiger charge is -2.12. The molecule has 1 amide bonds. The molecule has 0 aliphatic carbocycles. The van der Waals surface area contributed by atoms with Crippen LogP contribution in [-0.2, 0) is 28.7 Å². The van der Waals surface area contributed by atoms with Gasteiger partial charge in [0.1, 0.15) is 5.69 Å². The maximum Gasteiger partial charge on any atom is 0.271 e. The Morgan fingerprint density at radius 1 is 1.35 bits per heavy atom. The monoisotopic (exact) mass is 396 g/mol. The molecule has 1 unspecified atom stereocenters. The molecule has 3 rings (SSSR count). The zero-order valence-corrected chi connectivity index (χ0v) is 16.1. The third-order valence-corrected chi connectivity index (χ3v) is 5.64. The first-order valence-corrected chi connectivity index (χ1v) is 10.4. The highest BCUT2D eigenvalue weighted by Gasteiger charge is 2.28. The summed E-state index contributed by atoms with van der Waals surface area (Å²) in [6.45, 7) is 4.17. The summed E-state index contributed by atoms with van der Waals surface area (Å²) in [6.07, 6.45) is 0.502. The van der Waals surface area contributed by atoms with Crippen LogP contribution in [0.2, 0.25) is 5.02 Å². The Morgan fingerprint density at radius 2 is 2.04 bits per heavy atom. The molecular formula is C17H21ClN4O3S. The largest absolute Gasteiger partial charge is 0.348 e. The van der Waals surface area contributed by atoms with E-state index in [1.54, 1.807) is 35.0 Å². The van der Waals surface area contributed by atoms with E-state index in [0.717, 1.165) is 5.69 Å². The van der Waals surface area contributed by atoms with E-state index in [1.165, 1.54) is 0 Å². The number of sulfonamides is 1. The molecule has 140 valence electrons. The quantitative estimate of drug-likeness (QED) is 0.777. The Balaban J connectivity index is 1.60. The second-order valence-electron chi connectivity index (χ2n) is 6.74. The fourth-order valence-corrected chi connectivity index (χ4v) is 4.43. The predicted molar refractivity (Wildman–Crippen MR) is 99.5 cm³/mol. The van der Waals surface area contributed by atoms with Gasteiger partial charge >= 0.3 is 0 Å². The van der Waals surface area contributed by atoms with Crippen molar-refractivity contribution in [3.63, 3.8) is 0 Å². The number of nitrogens with zero attached hydrogens (tertiary/aromatic N) is 2. The molecule has 0 saturated carbocycles. The summed E-state index contributed by atoms with van der Waals surface area (Å²) in [5.74, 6) is -0.327. The van der Waals surface area contributed by atoms with Crippen LogP contribution in [0.1, 0.15) is 35.6 Å². The smallest absolute Gasteiger partial charge is 0.271 e. The van der Waals surface area contributed by atoms with Gasteiger partial charge in [-0.15, -0.1) is 0 Å². The third kappa shape index (κ3) is 4.63. The lowest BCUT2D eigenvalue weighted by Crippen LogP contribution is -2.37. The minimum absolute atomic E-state index is 0.0338. The highest BCUT2D eigenvalue weighted by Crippen LogP contribution is 2.18. The van der Waals surface area contributed by atoms with Crippen LogP contribution in [0.25, 0.3) is 0 Å². The highest BCUT2D eigenvalue weighted by molar-refractivity contribution is 7.88. The highest BCUT2D eigenvalue weighted by atomic mass is 35.5. The van der Waals surface area contributed by atoms with Crippen LogP contribution >= 0.6 is 11.6 Å². The van der Waals surface area contributed by atoms with Gasteiger partial charge in [-0.1, -0.05) is 23.7 Å². The molecule has 1 aromatic carbocycles. The van der Waals surface area contributed by atoms with Crippen molar-refractivity contribution in [2.75, 3.05) is 0 Å². The van der Waals surface area contributed by atoms with E-state index in [9.17, 15) is 13.2 Å². The number of carbonyl (C=O) groups is 1. The number of fused-ring (bicyclic) bond motifs is 1. The number of halogens is 1. The first-order chi connectivity index (χ1) is 12.2. The Kier molecular flexibility index (Phi) is 5.36. The summed E-state index contributed by atoms with van der Waals surface area (Å²) in [7, 11) is -3.48. The van der Waals surface area contributed by atoms with Gasteiger partial charge in [0.2, 0.25) is 10.0 Å². The first-order valence-electron chi connectivity index (χ1n) is 8.34. The molecule has 2 aromatic rings. The fraction of sp³-hybridized carbons (Fsp3) is 0.412. The van der Waals surface area contributed by atoms with Gasteiger partial charge in [-0.05, 0) is 37.6 Å². The van der Waals surface area contributed by atoms with Gasteiger partial charge < -0.3 is 5.32 Å². The van der Waals surface area contributed by atoms with Crippen LogP contribution in [0.15, 0.2) is 30.3 Å². The number of amides is 1. The fourth-order valence-electron chi connectivity index (χ4n) is 2.93. The standard InChI is InChI=1S/C17H21ClN4O3S/c1-11(2)19-17(23)16-8-15-7-14(9-22(15)20-16)21-26(24,25)10-12-3-5-13(18)6-4-12/h3-6,8,11,14,21H,7,9-10H2,1-2H3,(H,19,23). The zero-order valence-electron chi connectivity index (χ0n) is 14.6. The van der Waals surface area contributed by atoms with E-state index in [0.29, 0.717) is 29.2 Å². The molecule has 7 nitrogen and oxygen atoms in total. The molecule has 0 radical (unpaired) electrons. The second-order valence-corrected chi connectivity index (χ2v) is 8.93. The lowest BCUT2D eigenvalue weighted by atomic mass is 10.2. The van der Waals surface area contributed by atoms with E-state index >= 15 is 0 Å². The summed E-state index contributed by atoms with van der Waals surface area (Å²) in [4.78, 5) is 12.0. The molecule has 0 saturated heterocycles. The molecule has 9 heteroatoms. The van der Waals surface area contributed by atoms with E-state index in [2.05, 4.69) is 15.1 Å². The van der Waals surface area contributed by atoms with Crippen LogP contribution in [0.5, 0.6) is 0 Å². The summed E-state index contributed by atoms with van der Waals surface area (Å²) >= 11 is 5.82. The third-order valence-electron chi connectivity index (χ3n) is 3.98. The predicted octanol–water partition coefficient (Wildman–Crippen LogP) is 1.72. The van der Waals surface area contributed by atoms with Gasteiger partial charge in [-0.2, -0.15) is 5.10 Å². The Hall–Kier alpha value is -1.90. The molecule has 2 N–H and O–H groups in total. The normalized spacial score (nSPS) is 16.7. The molecule has 1 aliphatic rings. The maximum absolute atomic E-state index is 12.4. The molecule has 26 heavy (non-hydrogen) atoms. The summed E-state index contributed by atoms with van der Waals surface area (Å²) in [5, 5.41) is 7.63. The topological polar surface area (TPSA) is 93.1 Å². The second kappa shape index (κ2) is 7.38. The molecule has 0 fully saturated rings. The van der Waals surface area contributed by atoms with E-state index < -0.39 is 10.0 Å². The maximum atomic E-state index is 12.4. The number of nitrogens with one attached hydrogen (secondary N) is 2. The van der Waals surface area contributed by atoms with Gasteiger partial charge in [-0.3, -0.25) is 9.48 Å². The zero-order chi connectivity index (χ0) is 18.9. The van der Waals surface area contributed by atoms with Gasteiger partial charge in [0.15, 0.2) is 0 Å². The summed E-state index contributed by atoms with van der Waals surface area (Å²) < 4.78 is 29.1. The average Bonchev–Trinajstić information content (AvgIpc) is 3.06. The van der Waals surface area contributed by atoms with Crippen molar-refractivity contribution in [3.05, 3.63) is 52.3 Å². The molecule has 1 aromatic heterocycles. The Bertz CT molecular complexity index is 883. The Labute approximate surface area is 157 Å². The summed E-state index contributed by atoms with van der Waals surface area (Å²) in [5.41, 5.74) is 1.87. The molecule has 2 heterocycles. The number of aromatic nitrogens is 2. The molecule has 0 spiro atoms. The van der Waals surface area contributed by atoms with Crippen molar-refractivity contribution in [3.8, 4) is 0 Å². The molecule has 1 atom stereocenters. The van der Waals surface area contributed by atoms with Crippen LogP contribution < -0.4 is 10.0 Å². The van der Waals surface area contributed by atoms with Gasteiger partial charge in [0.25, 0.3) is 5.91 Å². The van der Waals surface area contributed by atoms with E-state index in [-0.39, 0.29) is 23.7 Å². The Morgan fingerprint density at radius 3 is 2.65 bits per heavy atom. The number of benzene rings is 1. The number of rotatable bonds is 6. The van der Waals surface area contributed by atoms with Crippen molar-refractivity contribution >= 4 is 27.5 Å². The van der Waals surface area contributed by atoms with Crippen molar-refractivity contribution in [2.45, 2.75) is 44.6 Å². The van der Waals surface area contributed by atoms with Crippen molar-refractivity contribution in [1.29, 1.82) is 0 Å². The van der Waals surface area contributed by atoms with E-state index in [4.69, 9.17) is 11.6 Å². The van der Waals surface area contributed by atoms with Crippen molar-refractivity contribution < 1.29 is 13.2 Å². The molecule has 1 aliphatic heterocycles. The lowest BCUT2D eigenvalue weighted by molar-refractivity contribution is 0.0937. The number of hydrogen-bond acceptors (Lipinski definition) is 4. The van der Waals surface area contributed by atoms with Crippen LogP contribution in [-0.4, -0.2) is 36.2 Å². The minimum Gasteiger partial charge on any atom is -0.348 e. The SMILES string of the molecule is CC(C)NC(=O)c1cc2n(n1)CC(NS(=O)(=O)Cc1ccc(Cl)cc1)C2. The van der Waals surface area contributed by atoms with Crippen molar-refractivity contribution in [2.24, 2.45) is 0 Å². The van der Waals surface area contributed by atoms with Crippen LogP contribution in [0.4, 0.5) is 0 Å². The van der Waals surface area contributed by atoms with Gasteiger partial charge in [0, 0.05) is 29.2 Å². The van der Waals surface area contributed by atoms with Gasteiger partial charge in [-0.25, -0.2) is 13.1 Å². The van der Waals surface area contributed by atoms with Crippen molar-refractivity contribution in [1.82, 2.24) is 19.8 Å². The molecule has 0 bridgehead atoms. The van der Waals surface area contributed by atoms with E-state index in [1.807, 2.05) is 13.8 Å². The van der Waals surface area contributed by atoms with Gasteiger partial charge in [0.05, 0.1) is 12.3 Å². The average molecular weight is 397 g/mol. The summed E-state index contributed by atoms with van der Waals surface area (Å²) in [6, 6.07) is 8.21. The number of hydrogen-bond donors (Lipinski definition) is 2.